The molecule has 0 aliphatic carbocycles. The predicted octanol–water partition coefficient (Wildman–Crippen LogP) is 4.77. The maximum Gasteiger partial charge on any atom is 0.310 e. The van der Waals surface area contributed by atoms with Crippen molar-refractivity contribution in [1.82, 2.24) is 0 Å². The minimum Gasteiger partial charge on any atom is -0.465 e. The fourth-order valence-electron chi connectivity index (χ4n) is 2.18. The molecule has 20 heavy (non-hydrogen) atoms. The van der Waals surface area contributed by atoms with Gasteiger partial charge in [0.25, 0.3) is 0 Å². The largest absolute Gasteiger partial charge is 0.465 e. The van der Waals surface area contributed by atoms with Gasteiger partial charge in [0.05, 0.1) is 13.0 Å². The van der Waals surface area contributed by atoms with Crippen LogP contribution in [0.1, 0.15) is 57.9 Å². The van der Waals surface area contributed by atoms with Crippen LogP contribution in [0.25, 0.3) is 0 Å². The SMILES string of the molecule is CC(C)CCCCCCCOC(=O)Cc1ccccc1. The van der Waals surface area contributed by atoms with Crippen molar-refractivity contribution >= 4 is 5.97 Å². The summed E-state index contributed by atoms with van der Waals surface area (Å²) < 4.78 is 5.25. The summed E-state index contributed by atoms with van der Waals surface area (Å²) in [6, 6.07) is 9.75. The zero-order valence-electron chi connectivity index (χ0n) is 12.9. The molecule has 112 valence electrons. The van der Waals surface area contributed by atoms with Crippen molar-refractivity contribution in [2.75, 3.05) is 6.61 Å². The lowest BCUT2D eigenvalue weighted by Crippen LogP contribution is -2.08. The molecule has 0 amide bonds. The average Bonchev–Trinajstić information content (AvgIpc) is 2.42. The van der Waals surface area contributed by atoms with E-state index in [2.05, 4.69) is 13.8 Å². The van der Waals surface area contributed by atoms with Gasteiger partial charge in [0, 0.05) is 0 Å². The molecule has 1 aromatic carbocycles. The molecule has 0 radical (unpaired) electrons. The molecule has 2 heteroatoms. The summed E-state index contributed by atoms with van der Waals surface area (Å²) >= 11 is 0. The molecule has 1 rings (SSSR count). The van der Waals surface area contributed by atoms with E-state index in [0.717, 1.165) is 24.3 Å². The van der Waals surface area contributed by atoms with E-state index in [0.29, 0.717) is 13.0 Å². The Kier molecular flexibility index (Phi) is 8.77. The molecule has 0 atom stereocenters. The number of hydrogen-bond donors (Lipinski definition) is 0. The van der Waals surface area contributed by atoms with E-state index in [-0.39, 0.29) is 5.97 Å². The Morgan fingerprint density at radius 2 is 1.65 bits per heavy atom. The Hall–Kier alpha value is -1.31. The molecule has 0 saturated carbocycles. The number of esters is 1. The number of rotatable bonds is 10. The molecule has 0 bridgehead atoms. The minimum absolute atomic E-state index is 0.115. The fraction of sp³-hybridized carbons (Fsp3) is 0.611. The van der Waals surface area contributed by atoms with Gasteiger partial charge in [0.15, 0.2) is 0 Å². The van der Waals surface area contributed by atoms with E-state index in [4.69, 9.17) is 4.74 Å². The Bertz CT molecular complexity index is 357. The first-order valence-corrected chi connectivity index (χ1v) is 7.88. The lowest BCUT2D eigenvalue weighted by Gasteiger charge is -2.06. The van der Waals surface area contributed by atoms with Gasteiger partial charge in [-0.25, -0.2) is 0 Å². The Morgan fingerprint density at radius 3 is 2.35 bits per heavy atom. The van der Waals surface area contributed by atoms with Gasteiger partial charge in [-0.05, 0) is 17.9 Å². The molecule has 0 N–H and O–H groups in total. The third-order valence-electron chi connectivity index (χ3n) is 3.38. The van der Waals surface area contributed by atoms with Crippen LogP contribution in [0.2, 0.25) is 0 Å². The number of ether oxygens (including phenoxy) is 1. The van der Waals surface area contributed by atoms with Crippen molar-refractivity contribution in [3.05, 3.63) is 35.9 Å². The van der Waals surface area contributed by atoms with E-state index < -0.39 is 0 Å². The highest BCUT2D eigenvalue weighted by atomic mass is 16.5. The lowest BCUT2D eigenvalue weighted by atomic mass is 10.0. The molecule has 0 saturated heterocycles. The molecule has 0 spiro atoms. The lowest BCUT2D eigenvalue weighted by molar-refractivity contribution is -0.142. The summed E-state index contributed by atoms with van der Waals surface area (Å²) in [6.45, 7) is 5.11. The maximum absolute atomic E-state index is 11.6. The van der Waals surface area contributed by atoms with E-state index in [1.165, 1.54) is 25.7 Å². The molecular formula is C18H28O2. The summed E-state index contributed by atoms with van der Waals surface area (Å²) in [6.07, 6.45) is 7.74. The topological polar surface area (TPSA) is 26.3 Å². The third kappa shape index (κ3) is 8.73. The van der Waals surface area contributed by atoms with Gasteiger partial charge in [-0.2, -0.15) is 0 Å². The van der Waals surface area contributed by atoms with Crippen molar-refractivity contribution in [2.24, 2.45) is 5.92 Å². The Labute approximate surface area is 123 Å². The second-order valence-electron chi connectivity index (χ2n) is 5.83. The highest BCUT2D eigenvalue weighted by Crippen LogP contribution is 2.10. The fourth-order valence-corrected chi connectivity index (χ4v) is 2.18. The van der Waals surface area contributed by atoms with Crippen LogP contribution in [0.4, 0.5) is 0 Å². The summed E-state index contributed by atoms with van der Waals surface area (Å²) in [5, 5.41) is 0. The van der Waals surface area contributed by atoms with Gasteiger partial charge in [-0.15, -0.1) is 0 Å². The van der Waals surface area contributed by atoms with Crippen LogP contribution in [0, 0.1) is 5.92 Å². The molecule has 0 unspecified atom stereocenters. The first kappa shape index (κ1) is 16.7. The van der Waals surface area contributed by atoms with E-state index in [9.17, 15) is 4.79 Å². The quantitative estimate of drug-likeness (QED) is 0.454. The number of hydrogen-bond acceptors (Lipinski definition) is 2. The summed E-state index contributed by atoms with van der Waals surface area (Å²) in [5.41, 5.74) is 1.02. The predicted molar refractivity (Wildman–Crippen MR) is 83.6 cm³/mol. The van der Waals surface area contributed by atoms with Crippen LogP contribution in [0.5, 0.6) is 0 Å². The first-order valence-electron chi connectivity index (χ1n) is 7.88. The number of benzene rings is 1. The summed E-state index contributed by atoms with van der Waals surface area (Å²) in [4.78, 5) is 11.6. The Balaban J connectivity index is 1.95. The third-order valence-corrected chi connectivity index (χ3v) is 3.38. The van der Waals surface area contributed by atoms with Gasteiger partial charge in [-0.1, -0.05) is 76.3 Å². The molecule has 0 fully saturated rings. The van der Waals surface area contributed by atoms with Crippen LogP contribution in [0.3, 0.4) is 0 Å². The van der Waals surface area contributed by atoms with E-state index in [1.54, 1.807) is 0 Å². The number of carbonyl (C=O) groups is 1. The van der Waals surface area contributed by atoms with Crippen molar-refractivity contribution in [3.63, 3.8) is 0 Å². The van der Waals surface area contributed by atoms with Crippen LogP contribution < -0.4 is 0 Å². The van der Waals surface area contributed by atoms with Crippen molar-refractivity contribution < 1.29 is 9.53 Å². The Morgan fingerprint density at radius 1 is 1.00 bits per heavy atom. The normalized spacial score (nSPS) is 10.8. The monoisotopic (exact) mass is 276 g/mol. The molecule has 0 aliphatic rings. The van der Waals surface area contributed by atoms with Crippen LogP contribution in [0.15, 0.2) is 30.3 Å². The van der Waals surface area contributed by atoms with Crippen LogP contribution >= 0.6 is 0 Å². The first-order chi connectivity index (χ1) is 9.68. The van der Waals surface area contributed by atoms with Crippen molar-refractivity contribution in [2.45, 2.75) is 58.8 Å². The van der Waals surface area contributed by atoms with Crippen molar-refractivity contribution in [3.8, 4) is 0 Å². The molecular weight excluding hydrogens is 248 g/mol. The second kappa shape index (κ2) is 10.5. The highest BCUT2D eigenvalue weighted by Gasteiger charge is 2.03. The molecule has 0 aliphatic heterocycles. The average molecular weight is 276 g/mol. The van der Waals surface area contributed by atoms with Gasteiger partial charge in [0.1, 0.15) is 0 Å². The smallest absolute Gasteiger partial charge is 0.310 e. The second-order valence-corrected chi connectivity index (χ2v) is 5.83. The highest BCUT2D eigenvalue weighted by molar-refractivity contribution is 5.72. The minimum atomic E-state index is -0.115. The molecule has 1 aromatic rings. The maximum atomic E-state index is 11.6. The molecule has 0 aromatic heterocycles. The number of carbonyl (C=O) groups excluding carboxylic acids is 1. The molecule has 0 heterocycles. The van der Waals surface area contributed by atoms with Gasteiger partial charge >= 0.3 is 5.97 Å². The molecule has 2 nitrogen and oxygen atoms in total. The summed E-state index contributed by atoms with van der Waals surface area (Å²) in [5.74, 6) is 0.699. The zero-order valence-corrected chi connectivity index (χ0v) is 12.9. The number of unbranched alkanes of at least 4 members (excludes halogenated alkanes) is 4. The van der Waals surface area contributed by atoms with Crippen LogP contribution in [-0.4, -0.2) is 12.6 Å². The van der Waals surface area contributed by atoms with Crippen LogP contribution in [-0.2, 0) is 16.0 Å². The van der Waals surface area contributed by atoms with Gasteiger partial charge in [0.2, 0.25) is 0 Å². The zero-order chi connectivity index (χ0) is 14.6. The van der Waals surface area contributed by atoms with Gasteiger partial charge in [-0.3, -0.25) is 4.79 Å². The summed E-state index contributed by atoms with van der Waals surface area (Å²) in [7, 11) is 0. The van der Waals surface area contributed by atoms with Crippen molar-refractivity contribution in [1.29, 1.82) is 0 Å². The van der Waals surface area contributed by atoms with E-state index in [1.807, 2.05) is 30.3 Å². The van der Waals surface area contributed by atoms with E-state index >= 15 is 0 Å². The standard InChI is InChI=1S/C18H28O2/c1-16(2)11-7-4-3-5-10-14-20-18(19)15-17-12-8-6-9-13-17/h6,8-9,12-13,16H,3-5,7,10-11,14-15H2,1-2H3. The van der Waals surface area contributed by atoms with Gasteiger partial charge < -0.3 is 4.74 Å².